The summed E-state index contributed by atoms with van der Waals surface area (Å²) in [7, 11) is 0. The molecule has 1 heterocycles. The molecule has 2 N–H and O–H groups in total. The Kier molecular flexibility index (Phi) is 4.17. The summed E-state index contributed by atoms with van der Waals surface area (Å²) in [6.07, 6.45) is 12.6. The van der Waals surface area contributed by atoms with E-state index in [0.29, 0.717) is 6.04 Å². The second kappa shape index (κ2) is 5.85. The largest absolute Gasteiger partial charge is 0.306 e. The minimum atomic E-state index is 0.374. The molecule has 3 heteroatoms. The summed E-state index contributed by atoms with van der Waals surface area (Å²) in [5.74, 6) is 0. The van der Waals surface area contributed by atoms with Gasteiger partial charge < -0.3 is 5.32 Å². The van der Waals surface area contributed by atoms with E-state index in [0.717, 1.165) is 6.54 Å². The zero-order valence-electron chi connectivity index (χ0n) is 10.00. The van der Waals surface area contributed by atoms with Crippen LogP contribution < -0.4 is 5.32 Å². The van der Waals surface area contributed by atoms with Crippen LogP contribution in [0.3, 0.4) is 0 Å². The molecule has 1 aromatic rings. The SMILES string of the molecule is CCCNC(C1=CCCCC1)c1cn[nH]c1. The molecule has 0 aromatic carbocycles. The Balaban J connectivity index is 2.10. The Morgan fingerprint density at radius 2 is 2.44 bits per heavy atom. The molecule has 1 aromatic heterocycles. The molecule has 1 unspecified atom stereocenters. The Morgan fingerprint density at radius 1 is 1.50 bits per heavy atom. The molecule has 1 atom stereocenters. The first-order valence-electron chi connectivity index (χ1n) is 6.32. The van der Waals surface area contributed by atoms with Gasteiger partial charge in [-0.05, 0) is 38.6 Å². The number of aromatic amines is 1. The Labute approximate surface area is 97.3 Å². The van der Waals surface area contributed by atoms with Crippen molar-refractivity contribution in [2.45, 2.75) is 45.1 Å². The van der Waals surface area contributed by atoms with E-state index in [2.05, 4.69) is 28.5 Å². The van der Waals surface area contributed by atoms with Crippen molar-refractivity contribution < 1.29 is 0 Å². The predicted molar refractivity (Wildman–Crippen MR) is 66.2 cm³/mol. The van der Waals surface area contributed by atoms with Gasteiger partial charge in [0.1, 0.15) is 0 Å². The molecule has 3 nitrogen and oxygen atoms in total. The highest BCUT2D eigenvalue weighted by Crippen LogP contribution is 2.29. The maximum absolute atomic E-state index is 4.05. The van der Waals surface area contributed by atoms with Crippen molar-refractivity contribution in [2.75, 3.05) is 6.54 Å². The van der Waals surface area contributed by atoms with E-state index in [1.165, 1.54) is 37.7 Å². The summed E-state index contributed by atoms with van der Waals surface area (Å²) in [6, 6.07) is 0.374. The van der Waals surface area contributed by atoms with Gasteiger partial charge in [0, 0.05) is 11.8 Å². The molecule has 0 saturated heterocycles. The number of rotatable bonds is 5. The number of H-pyrrole nitrogens is 1. The summed E-state index contributed by atoms with van der Waals surface area (Å²) >= 11 is 0. The van der Waals surface area contributed by atoms with E-state index < -0.39 is 0 Å². The Bertz CT molecular complexity index is 327. The standard InChI is InChI=1S/C13H21N3/c1-2-8-14-13(12-9-15-16-10-12)11-6-4-3-5-7-11/h6,9-10,13-14H,2-5,7-8H2,1H3,(H,15,16). The second-order valence-electron chi connectivity index (χ2n) is 4.44. The van der Waals surface area contributed by atoms with Gasteiger partial charge in [-0.2, -0.15) is 5.10 Å². The minimum Gasteiger partial charge on any atom is -0.306 e. The monoisotopic (exact) mass is 219 g/mol. The summed E-state index contributed by atoms with van der Waals surface area (Å²) in [5, 5.41) is 10.6. The van der Waals surface area contributed by atoms with E-state index in [-0.39, 0.29) is 0 Å². The molecule has 16 heavy (non-hydrogen) atoms. The van der Waals surface area contributed by atoms with E-state index in [1.807, 2.05) is 12.4 Å². The van der Waals surface area contributed by atoms with Gasteiger partial charge in [0.05, 0.1) is 12.2 Å². The second-order valence-corrected chi connectivity index (χ2v) is 4.44. The van der Waals surface area contributed by atoms with Crippen molar-refractivity contribution in [3.8, 4) is 0 Å². The lowest BCUT2D eigenvalue weighted by molar-refractivity contribution is 0.547. The zero-order chi connectivity index (χ0) is 11.2. The summed E-state index contributed by atoms with van der Waals surface area (Å²) in [6.45, 7) is 3.27. The molecule has 88 valence electrons. The third-order valence-electron chi connectivity index (χ3n) is 3.15. The van der Waals surface area contributed by atoms with Crippen LogP contribution in [0.5, 0.6) is 0 Å². The first-order chi connectivity index (χ1) is 7.92. The lowest BCUT2D eigenvalue weighted by atomic mass is 9.91. The normalized spacial score (nSPS) is 18.2. The molecule has 0 aliphatic heterocycles. The molecule has 1 aliphatic rings. The maximum atomic E-state index is 4.05. The van der Waals surface area contributed by atoms with Gasteiger partial charge in [-0.25, -0.2) is 0 Å². The lowest BCUT2D eigenvalue weighted by Crippen LogP contribution is -2.24. The molecule has 0 radical (unpaired) electrons. The lowest BCUT2D eigenvalue weighted by Gasteiger charge is -2.23. The molecule has 0 saturated carbocycles. The quantitative estimate of drug-likeness (QED) is 0.747. The van der Waals surface area contributed by atoms with Gasteiger partial charge in [0.15, 0.2) is 0 Å². The topological polar surface area (TPSA) is 40.7 Å². The van der Waals surface area contributed by atoms with E-state index >= 15 is 0 Å². The summed E-state index contributed by atoms with van der Waals surface area (Å²) < 4.78 is 0. The van der Waals surface area contributed by atoms with Gasteiger partial charge in [-0.3, -0.25) is 5.10 Å². The average molecular weight is 219 g/mol. The number of hydrogen-bond donors (Lipinski definition) is 2. The summed E-state index contributed by atoms with van der Waals surface area (Å²) in [5.41, 5.74) is 2.81. The molecular weight excluding hydrogens is 198 g/mol. The van der Waals surface area contributed by atoms with Crippen LogP contribution in [0.15, 0.2) is 24.0 Å². The van der Waals surface area contributed by atoms with E-state index in [9.17, 15) is 0 Å². The highest BCUT2D eigenvalue weighted by Gasteiger charge is 2.18. The fraction of sp³-hybridized carbons (Fsp3) is 0.615. The molecule has 0 bridgehead atoms. The smallest absolute Gasteiger partial charge is 0.0567 e. The molecule has 0 fully saturated rings. The molecule has 2 rings (SSSR count). The van der Waals surface area contributed by atoms with E-state index in [4.69, 9.17) is 0 Å². The molecular formula is C13H21N3. The third kappa shape index (κ3) is 2.73. The van der Waals surface area contributed by atoms with Crippen molar-refractivity contribution in [3.05, 3.63) is 29.6 Å². The predicted octanol–water partition coefficient (Wildman–Crippen LogP) is 2.95. The zero-order valence-corrected chi connectivity index (χ0v) is 10.00. The van der Waals surface area contributed by atoms with Crippen LogP contribution >= 0.6 is 0 Å². The van der Waals surface area contributed by atoms with Crippen LogP contribution in [0.25, 0.3) is 0 Å². The average Bonchev–Trinajstić information content (AvgIpc) is 2.85. The van der Waals surface area contributed by atoms with Crippen molar-refractivity contribution in [2.24, 2.45) is 0 Å². The van der Waals surface area contributed by atoms with Crippen LogP contribution in [0, 0.1) is 0 Å². The number of aromatic nitrogens is 2. The highest BCUT2D eigenvalue weighted by molar-refractivity contribution is 5.25. The number of allylic oxidation sites excluding steroid dienone is 1. The van der Waals surface area contributed by atoms with Crippen molar-refractivity contribution >= 4 is 0 Å². The van der Waals surface area contributed by atoms with Gasteiger partial charge in [0.2, 0.25) is 0 Å². The van der Waals surface area contributed by atoms with Crippen LogP contribution in [-0.2, 0) is 0 Å². The molecule has 1 aliphatic carbocycles. The van der Waals surface area contributed by atoms with Crippen LogP contribution in [-0.4, -0.2) is 16.7 Å². The fourth-order valence-electron chi connectivity index (χ4n) is 2.30. The van der Waals surface area contributed by atoms with Gasteiger partial charge in [-0.1, -0.05) is 18.6 Å². The Morgan fingerprint density at radius 3 is 3.06 bits per heavy atom. The van der Waals surface area contributed by atoms with Crippen LogP contribution in [0.1, 0.15) is 50.6 Å². The first kappa shape index (κ1) is 11.4. The fourth-order valence-corrected chi connectivity index (χ4v) is 2.30. The van der Waals surface area contributed by atoms with E-state index in [1.54, 1.807) is 5.57 Å². The van der Waals surface area contributed by atoms with Crippen LogP contribution in [0.4, 0.5) is 0 Å². The third-order valence-corrected chi connectivity index (χ3v) is 3.15. The summed E-state index contributed by atoms with van der Waals surface area (Å²) in [4.78, 5) is 0. The maximum Gasteiger partial charge on any atom is 0.0567 e. The van der Waals surface area contributed by atoms with Gasteiger partial charge in [0.25, 0.3) is 0 Å². The molecule has 0 amide bonds. The van der Waals surface area contributed by atoms with Gasteiger partial charge >= 0.3 is 0 Å². The number of nitrogens with zero attached hydrogens (tertiary/aromatic N) is 1. The van der Waals surface area contributed by atoms with Crippen molar-refractivity contribution in [1.29, 1.82) is 0 Å². The van der Waals surface area contributed by atoms with Crippen molar-refractivity contribution in [1.82, 2.24) is 15.5 Å². The number of hydrogen-bond acceptors (Lipinski definition) is 2. The number of nitrogens with one attached hydrogen (secondary N) is 2. The minimum absolute atomic E-state index is 0.374. The first-order valence-corrected chi connectivity index (χ1v) is 6.32. The van der Waals surface area contributed by atoms with Crippen molar-refractivity contribution in [3.63, 3.8) is 0 Å². The molecule has 0 spiro atoms. The van der Waals surface area contributed by atoms with Gasteiger partial charge in [-0.15, -0.1) is 0 Å². The highest BCUT2D eigenvalue weighted by atomic mass is 15.1. The van der Waals surface area contributed by atoms with Crippen LogP contribution in [0.2, 0.25) is 0 Å². The Hall–Kier alpha value is -1.09.